The van der Waals surface area contributed by atoms with E-state index in [1.165, 1.54) is 19.2 Å². The number of hydrogen-bond donors (Lipinski definition) is 2. The monoisotopic (exact) mass is 436 g/mol. The first-order chi connectivity index (χ1) is 16.1. The number of carbonyl (C=O) groups excluding carboxylic acids is 1. The van der Waals surface area contributed by atoms with Crippen LogP contribution >= 0.6 is 0 Å². The predicted octanol–water partition coefficient (Wildman–Crippen LogP) is 4.58. The maximum atomic E-state index is 13.3. The van der Waals surface area contributed by atoms with Crippen LogP contribution in [0.5, 0.6) is 0 Å². The fraction of sp³-hybridized carbons (Fsp3) is 0.269. The summed E-state index contributed by atoms with van der Waals surface area (Å²) in [5.74, 6) is 1.25. The molecule has 0 atom stereocenters. The third-order valence-corrected chi connectivity index (χ3v) is 6.62. The van der Waals surface area contributed by atoms with Crippen molar-refractivity contribution in [2.45, 2.75) is 44.2 Å². The average Bonchev–Trinajstić information content (AvgIpc) is 3.78. The van der Waals surface area contributed by atoms with Gasteiger partial charge in [-0.05, 0) is 61.1 Å². The molecule has 7 heteroatoms. The van der Waals surface area contributed by atoms with E-state index in [1.54, 1.807) is 21.9 Å². The van der Waals surface area contributed by atoms with Crippen molar-refractivity contribution in [3.05, 3.63) is 77.2 Å². The predicted molar refractivity (Wildman–Crippen MR) is 127 cm³/mol. The molecule has 0 bridgehead atoms. The minimum Gasteiger partial charge on any atom is -0.313 e. The quantitative estimate of drug-likeness (QED) is 0.437. The zero-order valence-corrected chi connectivity index (χ0v) is 18.2. The van der Waals surface area contributed by atoms with E-state index in [4.69, 9.17) is 10.8 Å². The third-order valence-electron chi connectivity index (χ3n) is 6.62. The van der Waals surface area contributed by atoms with Crippen molar-refractivity contribution >= 4 is 23.9 Å². The highest BCUT2D eigenvalue weighted by Gasteiger charge is 2.32. The number of hydrogen-bond acceptors (Lipinski definition) is 5. The molecule has 3 aromatic rings. The van der Waals surface area contributed by atoms with E-state index >= 15 is 0 Å². The lowest BCUT2D eigenvalue weighted by Gasteiger charge is -2.20. The zero-order chi connectivity index (χ0) is 22.5. The molecule has 7 nitrogen and oxygen atoms in total. The zero-order valence-electron chi connectivity index (χ0n) is 18.2. The van der Waals surface area contributed by atoms with Gasteiger partial charge in [0.15, 0.2) is 5.84 Å². The van der Waals surface area contributed by atoms with Crippen molar-refractivity contribution in [1.82, 2.24) is 14.9 Å². The van der Waals surface area contributed by atoms with Crippen molar-refractivity contribution < 1.29 is 4.79 Å². The normalized spacial score (nSPS) is 17.1. The van der Waals surface area contributed by atoms with E-state index < -0.39 is 0 Å². The van der Waals surface area contributed by atoms with Gasteiger partial charge in [0.05, 0.1) is 12.9 Å². The second kappa shape index (κ2) is 7.62. The van der Waals surface area contributed by atoms with Crippen LogP contribution in [0.4, 0.5) is 5.82 Å². The largest absolute Gasteiger partial charge is 0.313 e. The molecule has 2 aliphatic carbocycles. The second-order valence-corrected chi connectivity index (χ2v) is 9.01. The molecule has 0 saturated heterocycles. The Kier molecular flexibility index (Phi) is 4.57. The molecule has 1 aromatic carbocycles. The molecular weight excluding hydrogens is 412 g/mol. The molecule has 0 unspecified atom stereocenters. The van der Waals surface area contributed by atoms with Crippen LogP contribution in [0.3, 0.4) is 0 Å². The minimum absolute atomic E-state index is 0.0864. The van der Waals surface area contributed by atoms with Gasteiger partial charge in [0.2, 0.25) is 0 Å². The Morgan fingerprint density at radius 1 is 1.06 bits per heavy atom. The molecule has 3 heterocycles. The van der Waals surface area contributed by atoms with Crippen LogP contribution in [0.25, 0.3) is 11.1 Å². The number of pyridine rings is 2. The van der Waals surface area contributed by atoms with Gasteiger partial charge in [0.25, 0.3) is 5.91 Å². The molecule has 2 N–H and O–H groups in total. The van der Waals surface area contributed by atoms with Gasteiger partial charge in [-0.15, -0.1) is 0 Å². The molecule has 33 heavy (non-hydrogen) atoms. The number of amides is 1. The highest BCUT2D eigenvalue weighted by atomic mass is 16.2. The summed E-state index contributed by atoms with van der Waals surface area (Å²) in [4.78, 5) is 25.8. The minimum atomic E-state index is -0.0864. The molecule has 164 valence electrons. The summed E-state index contributed by atoms with van der Waals surface area (Å²) in [5.41, 5.74) is 5.26. The molecule has 6 rings (SSSR count). The maximum absolute atomic E-state index is 13.3. The topological polar surface area (TPSA) is 97.0 Å². The average molecular weight is 437 g/mol. The van der Waals surface area contributed by atoms with Gasteiger partial charge in [-0.1, -0.05) is 24.3 Å². The Labute approximate surface area is 192 Å². The van der Waals surface area contributed by atoms with Crippen molar-refractivity contribution in [3.63, 3.8) is 0 Å². The molecule has 2 fully saturated rings. The lowest BCUT2D eigenvalue weighted by molar-refractivity contribution is 0.0996. The lowest BCUT2D eigenvalue weighted by Crippen LogP contribution is -2.32. The van der Waals surface area contributed by atoms with Gasteiger partial charge >= 0.3 is 0 Å². The van der Waals surface area contributed by atoms with Gasteiger partial charge < -0.3 is 4.90 Å². The van der Waals surface area contributed by atoms with Crippen molar-refractivity contribution in [1.29, 1.82) is 10.8 Å². The molecule has 0 radical (unpaired) electrons. The van der Waals surface area contributed by atoms with E-state index in [9.17, 15) is 4.79 Å². The smallest absolute Gasteiger partial charge is 0.260 e. The Morgan fingerprint density at radius 2 is 1.88 bits per heavy atom. The number of carbonyl (C=O) groups is 1. The molecule has 2 saturated carbocycles. The molecule has 0 spiro atoms. The van der Waals surface area contributed by atoms with Gasteiger partial charge in [-0.25, -0.2) is 4.98 Å². The number of benzene rings is 1. The van der Waals surface area contributed by atoms with Crippen LogP contribution in [-0.4, -0.2) is 39.0 Å². The van der Waals surface area contributed by atoms with Crippen LogP contribution in [-0.2, 0) is 6.54 Å². The SMILES string of the molecule is N=CN(C(=N)c1cccc(N2Cc3ccc(-c4ccc(C5CC5)nc4)cc3C2=O)n1)C1CC1. The van der Waals surface area contributed by atoms with E-state index in [1.807, 2.05) is 30.5 Å². The molecule has 1 amide bonds. The van der Waals surface area contributed by atoms with Gasteiger partial charge in [-0.2, -0.15) is 0 Å². The highest BCUT2D eigenvalue weighted by Crippen LogP contribution is 2.39. The number of amidine groups is 1. The Bertz CT molecular complexity index is 1280. The molecule has 1 aliphatic heterocycles. The first kappa shape index (κ1) is 19.8. The summed E-state index contributed by atoms with van der Waals surface area (Å²) >= 11 is 0. The standard InChI is InChI=1S/C26H24N6O/c27-15-32(20-9-10-20)25(28)23-2-1-3-24(30-23)31-14-19-7-6-17(12-21(19)26(31)33)18-8-11-22(29-13-18)16-4-5-16/h1-3,6-8,11-13,15-16,20,27-28H,4-5,9-10,14H2. The van der Waals surface area contributed by atoms with E-state index in [-0.39, 0.29) is 17.8 Å². The van der Waals surface area contributed by atoms with Crippen LogP contribution < -0.4 is 4.90 Å². The Morgan fingerprint density at radius 3 is 2.58 bits per heavy atom. The highest BCUT2D eigenvalue weighted by molar-refractivity contribution is 6.10. The van der Waals surface area contributed by atoms with E-state index in [0.29, 0.717) is 29.5 Å². The van der Waals surface area contributed by atoms with E-state index in [2.05, 4.69) is 22.1 Å². The van der Waals surface area contributed by atoms with Crippen LogP contribution in [0.2, 0.25) is 0 Å². The summed E-state index contributed by atoms with van der Waals surface area (Å²) in [6.07, 6.45) is 7.52. The fourth-order valence-electron chi connectivity index (χ4n) is 4.41. The Hall–Kier alpha value is -3.87. The number of anilines is 1. The van der Waals surface area contributed by atoms with Crippen LogP contribution in [0, 0.1) is 10.8 Å². The summed E-state index contributed by atoms with van der Waals surface area (Å²) in [6.45, 7) is 0.452. The second-order valence-electron chi connectivity index (χ2n) is 9.01. The van der Waals surface area contributed by atoms with Crippen LogP contribution in [0.15, 0.2) is 54.7 Å². The number of rotatable bonds is 6. The first-order valence-electron chi connectivity index (χ1n) is 11.4. The summed E-state index contributed by atoms with van der Waals surface area (Å²) < 4.78 is 0. The van der Waals surface area contributed by atoms with E-state index in [0.717, 1.165) is 35.2 Å². The van der Waals surface area contributed by atoms with Gasteiger partial charge in [0.1, 0.15) is 11.5 Å². The van der Waals surface area contributed by atoms with Crippen molar-refractivity contribution in [3.8, 4) is 11.1 Å². The fourth-order valence-corrected chi connectivity index (χ4v) is 4.41. The lowest BCUT2D eigenvalue weighted by atomic mass is 10.0. The van der Waals surface area contributed by atoms with Crippen molar-refractivity contribution in [2.75, 3.05) is 4.90 Å². The summed E-state index contributed by atoms with van der Waals surface area (Å²) in [6, 6.07) is 15.8. The van der Waals surface area contributed by atoms with Crippen molar-refractivity contribution in [2.24, 2.45) is 0 Å². The van der Waals surface area contributed by atoms with Gasteiger partial charge in [-0.3, -0.25) is 25.5 Å². The van der Waals surface area contributed by atoms with Crippen LogP contribution in [0.1, 0.15) is 58.9 Å². The summed E-state index contributed by atoms with van der Waals surface area (Å²) in [7, 11) is 0. The summed E-state index contributed by atoms with van der Waals surface area (Å²) in [5, 5.41) is 16.1. The number of fused-ring (bicyclic) bond motifs is 1. The first-order valence-corrected chi connectivity index (χ1v) is 11.4. The number of nitrogens with one attached hydrogen (secondary N) is 2. The maximum Gasteiger partial charge on any atom is 0.260 e. The molecule has 3 aliphatic rings. The Balaban J connectivity index is 1.25. The molecule has 2 aromatic heterocycles. The number of aromatic nitrogens is 2. The molecular formula is C26H24N6O. The van der Waals surface area contributed by atoms with Gasteiger partial charge in [0, 0.05) is 35.0 Å². The number of nitrogens with zero attached hydrogens (tertiary/aromatic N) is 4. The third kappa shape index (κ3) is 3.59.